The van der Waals surface area contributed by atoms with Gasteiger partial charge in [0.25, 0.3) is 0 Å². The molecule has 1 aromatic heterocycles. The summed E-state index contributed by atoms with van der Waals surface area (Å²) in [6.45, 7) is 1.74. The third-order valence-electron chi connectivity index (χ3n) is 3.94. The van der Waals surface area contributed by atoms with Crippen LogP contribution in [0.5, 0.6) is 0 Å². The fourth-order valence-corrected chi connectivity index (χ4v) is 4.37. The molecule has 2 N–H and O–H groups in total. The molecule has 0 radical (unpaired) electrons. The minimum atomic E-state index is -0.459. The summed E-state index contributed by atoms with van der Waals surface area (Å²) in [5, 5.41) is 5.48. The lowest BCUT2D eigenvalue weighted by molar-refractivity contribution is -0.144. The number of carbonyl (C=O) groups excluding carboxylic acids is 2. The molecule has 0 saturated heterocycles. The van der Waals surface area contributed by atoms with E-state index >= 15 is 0 Å². The molecule has 118 valence electrons. The number of hydrogen-bond donors (Lipinski definition) is 2. The first-order chi connectivity index (χ1) is 10.5. The van der Waals surface area contributed by atoms with Crippen LogP contribution in [-0.2, 0) is 9.53 Å². The van der Waals surface area contributed by atoms with Crippen molar-refractivity contribution in [2.45, 2.75) is 44.8 Å². The van der Waals surface area contributed by atoms with Crippen LogP contribution in [-0.4, -0.2) is 18.1 Å². The van der Waals surface area contributed by atoms with E-state index in [0.717, 1.165) is 34.3 Å². The molecule has 7 heteroatoms. The lowest BCUT2D eigenvalue weighted by Gasteiger charge is -2.27. The smallest absolute Gasteiger partial charge is 0.338 e. The number of urea groups is 1. The highest BCUT2D eigenvalue weighted by atomic mass is 79.9. The standard InChI is InChI=1S/C15H17BrN2O3S/c1-8-12(14(19)21-9-4-2-3-5-9)13(18-15(20)17-8)10-6-7-11(16)22-10/h6-7,9,13H,2-5H2,1H3,(H2,17,18,20). The molecule has 1 aromatic rings. The Morgan fingerprint density at radius 1 is 1.36 bits per heavy atom. The van der Waals surface area contributed by atoms with Gasteiger partial charge in [0.2, 0.25) is 0 Å². The van der Waals surface area contributed by atoms with Gasteiger partial charge in [0.15, 0.2) is 0 Å². The Morgan fingerprint density at radius 2 is 2.09 bits per heavy atom. The Labute approximate surface area is 141 Å². The van der Waals surface area contributed by atoms with E-state index in [1.807, 2.05) is 12.1 Å². The van der Waals surface area contributed by atoms with Crippen LogP contribution in [0.15, 0.2) is 27.2 Å². The zero-order chi connectivity index (χ0) is 15.7. The van der Waals surface area contributed by atoms with Crippen molar-refractivity contribution in [3.05, 3.63) is 32.1 Å². The number of allylic oxidation sites excluding steroid dienone is 1. The first kappa shape index (κ1) is 15.6. The van der Waals surface area contributed by atoms with Gasteiger partial charge in [-0.15, -0.1) is 11.3 Å². The maximum Gasteiger partial charge on any atom is 0.338 e. The zero-order valence-electron chi connectivity index (χ0n) is 12.1. The molecule has 0 bridgehead atoms. The summed E-state index contributed by atoms with van der Waals surface area (Å²) in [6, 6.07) is 3.05. The van der Waals surface area contributed by atoms with Crippen LogP contribution in [0.2, 0.25) is 0 Å². The van der Waals surface area contributed by atoms with Gasteiger partial charge < -0.3 is 15.4 Å². The van der Waals surface area contributed by atoms with Crippen LogP contribution in [0.4, 0.5) is 4.79 Å². The maximum absolute atomic E-state index is 12.6. The summed E-state index contributed by atoms with van der Waals surface area (Å²) in [5.41, 5.74) is 1.04. The predicted molar refractivity (Wildman–Crippen MR) is 87.5 cm³/mol. The number of halogens is 1. The van der Waals surface area contributed by atoms with Crippen molar-refractivity contribution < 1.29 is 14.3 Å². The predicted octanol–water partition coefficient (Wildman–Crippen LogP) is 3.62. The summed E-state index contributed by atoms with van der Waals surface area (Å²) >= 11 is 4.91. The number of thiophene rings is 1. The Morgan fingerprint density at radius 3 is 2.73 bits per heavy atom. The highest BCUT2D eigenvalue weighted by molar-refractivity contribution is 9.11. The Kier molecular flexibility index (Phi) is 4.54. The Hall–Kier alpha value is -1.34. The Bertz CT molecular complexity index is 634. The molecule has 22 heavy (non-hydrogen) atoms. The molecule has 1 atom stereocenters. The second-order valence-corrected chi connectivity index (χ2v) is 8.02. The van der Waals surface area contributed by atoms with Gasteiger partial charge in [-0.3, -0.25) is 0 Å². The van der Waals surface area contributed by atoms with Crippen LogP contribution in [0, 0.1) is 0 Å². The SMILES string of the molecule is CC1=C(C(=O)OC2CCCC2)C(c2ccc(Br)s2)NC(=O)N1. The average Bonchev–Trinajstić information content (AvgIpc) is 3.09. The van der Waals surface area contributed by atoms with Crippen molar-refractivity contribution >= 4 is 39.3 Å². The van der Waals surface area contributed by atoms with Crippen LogP contribution in [0.1, 0.15) is 43.5 Å². The minimum absolute atomic E-state index is 0.00106. The second kappa shape index (κ2) is 6.42. The molecule has 0 spiro atoms. The monoisotopic (exact) mass is 384 g/mol. The summed E-state index contributed by atoms with van der Waals surface area (Å²) in [4.78, 5) is 25.2. The van der Waals surface area contributed by atoms with Gasteiger partial charge in [0.05, 0.1) is 15.4 Å². The number of nitrogens with one attached hydrogen (secondary N) is 2. The minimum Gasteiger partial charge on any atom is -0.459 e. The highest BCUT2D eigenvalue weighted by Crippen LogP contribution is 2.35. The van der Waals surface area contributed by atoms with Gasteiger partial charge in [0.1, 0.15) is 6.10 Å². The number of carbonyl (C=O) groups is 2. The lowest BCUT2D eigenvalue weighted by atomic mass is 10.0. The largest absolute Gasteiger partial charge is 0.459 e. The van der Waals surface area contributed by atoms with E-state index in [1.165, 1.54) is 11.3 Å². The topological polar surface area (TPSA) is 67.4 Å². The van der Waals surface area contributed by atoms with Gasteiger partial charge in [0, 0.05) is 10.6 Å². The molecule has 1 unspecified atom stereocenters. The van der Waals surface area contributed by atoms with E-state index in [0.29, 0.717) is 11.3 Å². The van der Waals surface area contributed by atoms with Crippen molar-refractivity contribution in [1.82, 2.24) is 10.6 Å². The molecular formula is C15H17BrN2O3S. The van der Waals surface area contributed by atoms with Crippen molar-refractivity contribution in [3.63, 3.8) is 0 Å². The third kappa shape index (κ3) is 3.20. The molecule has 0 aromatic carbocycles. The fourth-order valence-electron chi connectivity index (χ4n) is 2.88. The molecule has 2 amide bonds. The summed E-state index contributed by atoms with van der Waals surface area (Å²) in [6.07, 6.45) is 4.06. The highest BCUT2D eigenvalue weighted by Gasteiger charge is 2.34. The number of ether oxygens (including phenoxy) is 1. The van der Waals surface area contributed by atoms with E-state index in [4.69, 9.17) is 4.74 Å². The number of hydrogen-bond acceptors (Lipinski definition) is 4. The normalized spacial score (nSPS) is 22.5. The molecule has 5 nitrogen and oxygen atoms in total. The van der Waals surface area contributed by atoms with Crippen molar-refractivity contribution in [1.29, 1.82) is 0 Å². The van der Waals surface area contributed by atoms with Gasteiger partial charge in [-0.1, -0.05) is 0 Å². The molecule has 1 saturated carbocycles. The number of esters is 1. The first-order valence-corrected chi connectivity index (χ1v) is 8.90. The van der Waals surface area contributed by atoms with E-state index in [1.54, 1.807) is 6.92 Å². The van der Waals surface area contributed by atoms with Crippen molar-refractivity contribution in [3.8, 4) is 0 Å². The summed E-state index contributed by atoms with van der Waals surface area (Å²) in [7, 11) is 0. The molecule has 1 aliphatic heterocycles. The fraction of sp³-hybridized carbons (Fsp3) is 0.467. The van der Waals surface area contributed by atoms with Crippen LogP contribution in [0.3, 0.4) is 0 Å². The first-order valence-electron chi connectivity index (χ1n) is 7.29. The van der Waals surface area contributed by atoms with Gasteiger partial charge in [-0.2, -0.15) is 0 Å². The summed E-state index contributed by atoms with van der Waals surface area (Å²) in [5.74, 6) is -0.341. The van der Waals surface area contributed by atoms with E-state index in [9.17, 15) is 9.59 Å². The number of rotatable bonds is 3. The maximum atomic E-state index is 12.6. The van der Waals surface area contributed by atoms with Crippen LogP contribution in [0.25, 0.3) is 0 Å². The van der Waals surface area contributed by atoms with E-state index in [2.05, 4.69) is 26.6 Å². The molecule has 2 heterocycles. The lowest BCUT2D eigenvalue weighted by Crippen LogP contribution is -2.45. The number of amides is 2. The quantitative estimate of drug-likeness (QED) is 0.781. The van der Waals surface area contributed by atoms with Crippen LogP contribution >= 0.6 is 27.3 Å². The average molecular weight is 385 g/mol. The molecule has 1 aliphatic carbocycles. The third-order valence-corrected chi connectivity index (χ3v) is 5.63. The zero-order valence-corrected chi connectivity index (χ0v) is 14.6. The Balaban J connectivity index is 1.87. The van der Waals surface area contributed by atoms with E-state index < -0.39 is 6.04 Å². The molecule has 3 rings (SSSR count). The van der Waals surface area contributed by atoms with Gasteiger partial charge in [-0.05, 0) is 60.7 Å². The van der Waals surface area contributed by atoms with Gasteiger partial charge >= 0.3 is 12.0 Å². The van der Waals surface area contributed by atoms with Crippen LogP contribution < -0.4 is 10.6 Å². The van der Waals surface area contributed by atoms with Crippen molar-refractivity contribution in [2.75, 3.05) is 0 Å². The van der Waals surface area contributed by atoms with E-state index in [-0.39, 0.29) is 18.1 Å². The molecule has 1 fully saturated rings. The second-order valence-electron chi connectivity index (χ2n) is 5.52. The van der Waals surface area contributed by atoms with Gasteiger partial charge in [-0.25, -0.2) is 9.59 Å². The molecule has 2 aliphatic rings. The van der Waals surface area contributed by atoms with Crippen molar-refractivity contribution in [2.24, 2.45) is 0 Å². The summed E-state index contributed by atoms with van der Waals surface area (Å²) < 4.78 is 6.57. The molecular weight excluding hydrogens is 368 g/mol.